The predicted molar refractivity (Wildman–Crippen MR) is 159 cm³/mol. The molecule has 0 aromatic heterocycles. The molecule has 2 amide bonds. The average Bonchev–Trinajstić information content (AvgIpc) is 3.76. The van der Waals surface area contributed by atoms with Crippen LogP contribution in [0.2, 0.25) is 0 Å². The minimum Gasteiger partial charge on any atom is -0.493 e. The highest BCUT2D eigenvalue weighted by Crippen LogP contribution is 2.37. The lowest BCUT2D eigenvalue weighted by molar-refractivity contribution is -0.134. The number of carbonyl (C=O) groups is 2. The van der Waals surface area contributed by atoms with Crippen LogP contribution in [0.3, 0.4) is 0 Å². The minimum atomic E-state index is -0.605. The summed E-state index contributed by atoms with van der Waals surface area (Å²) in [5.74, 6) is 0.946. The third-order valence-corrected chi connectivity index (χ3v) is 10.3. The topological polar surface area (TPSA) is 100 Å². The molecule has 5 aliphatic rings. The number of ether oxygens (including phenoxy) is 2. The Balaban J connectivity index is 1.17. The molecule has 3 N–H and O–H groups in total. The van der Waals surface area contributed by atoms with Crippen molar-refractivity contribution < 1.29 is 24.2 Å². The van der Waals surface area contributed by atoms with E-state index in [1.807, 2.05) is 6.07 Å². The number of fused-ring (bicyclic) bond motifs is 6. The van der Waals surface area contributed by atoms with E-state index in [0.29, 0.717) is 49.6 Å². The fourth-order valence-corrected chi connectivity index (χ4v) is 7.98. The van der Waals surface area contributed by atoms with Crippen molar-refractivity contribution in [3.63, 3.8) is 0 Å². The molecule has 3 aliphatic heterocycles. The predicted octanol–water partition coefficient (Wildman–Crippen LogP) is 3.49. The van der Waals surface area contributed by atoms with E-state index in [1.54, 1.807) is 0 Å². The van der Waals surface area contributed by atoms with Crippen molar-refractivity contribution in [2.45, 2.75) is 107 Å². The zero-order valence-electron chi connectivity index (χ0n) is 24.3. The third kappa shape index (κ3) is 5.69. The first kappa shape index (κ1) is 27.9. The quantitative estimate of drug-likeness (QED) is 0.509. The lowest BCUT2D eigenvalue weighted by Crippen LogP contribution is -2.52. The van der Waals surface area contributed by atoms with Gasteiger partial charge in [-0.2, -0.15) is 0 Å². The molecule has 1 saturated carbocycles. The maximum absolute atomic E-state index is 13.8. The number of benzene rings is 2. The zero-order chi connectivity index (χ0) is 28.6. The molecule has 0 unspecified atom stereocenters. The second-order valence-electron chi connectivity index (χ2n) is 13.0. The first-order chi connectivity index (χ1) is 20.5. The first-order valence-corrected chi connectivity index (χ1v) is 16.0. The Morgan fingerprint density at radius 3 is 2.50 bits per heavy atom. The monoisotopic (exact) mass is 573 g/mol. The highest BCUT2D eigenvalue weighted by Gasteiger charge is 2.43. The van der Waals surface area contributed by atoms with E-state index in [4.69, 9.17) is 9.47 Å². The lowest BCUT2D eigenvalue weighted by atomic mass is 9.95. The molecule has 7 rings (SSSR count). The van der Waals surface area contributed by atoms with Crippen LogP contribution in [0.1, 0.15) is 84.3 Å². The summed E-state index contributed by atoms with van der Waals surface area (Å²) in [6.45, 7) is 1.32. The van der Waals surface area contributed by atoms with Gasteiger partial charge >= 0.3 is 0 Å². The van der Waals surface area contributed by atoms with Crippen LogP contribution in [0.4, 0.5) is 0 Å². The summed E-state index contributed by atoms with van der Waals surface area (Å²) in [6, 6.07) is 14.3. The van der Waals surface area contributed by atoms with Gasteiger partial charge in [0.15, 0.2) is 0 Å². The number of aliphatic hydroxyl groups excluding tert-OH is 1. The van der Waals surface area contributed by atoms with Gasteiger partial charge in [0, 0.05) is 31.6 Å². The second kappa shape index (κ2) is 12.0. The van der Waals surface area contributed by atoms with Gasteiger partial charge in [0.25, 0.3) is 5.91 Å². The molecule has 4 bridgehead atoms. The number of carbonyl (C=O) groups excluding carboxylic acids is 2. The number of rotatable bonds is 2. The molecule has 3 heterocycles. The molecule has 5 atom stereocenters. The number of nitrogens with zero attached hydrogens (tertiary/aromatic N) is 1. The standard InChI is InChI=1S/C34H43N3O5/c38-30-12-10-27-13-14-41-31-17-24(21-5-1-2-6-21)9-11-28(31)33(39)36-25-18-29(34(40)35-19-32(30)42-27)37(20-25)26-15-22-7-3-4-8-23(22)16-26/h3-4,7-9,11,17,21,25-27,29-30,32,38H,1-2,5-6,10,12-16,18-20H2,(H,35,40)(H,36,39)/t25-,27-,29-,30-,32+/m0/s1. The number of likely N-dealkylation sites (tertiary alicyclic amines) is 1. The number of amides is 2. The van der Waals surface area contributed by atoms with E-state index in [-0.39, 0.29) is 42.6 Å². The normalized spacial score (nSPS) is 31.2. The number of aliphatic hydroxyl groups is 1. The van der Waals surface area contributed by atoms with Crippen LogP contribution in [-0.4, -0.2) is 78.0 Å². The van der Waals surface area contributed by atoms with Crippen molar-refractivity contribution in [1.82, 2.24) is 15.5 Å². The lowest BCUT2D eigenvalue weighted by Gasteiger charge is -2.35. The van der Waals surface area contributed by atoms with E-state index >= 15 is 0 Å². The maximum atomic E-state index is 13.8. The van der Waals surface area contributed by atoms with Crippen molar-refractivity contribution in [3.05, 3.63) is 64.7 Å². The van der Waals surface area contributed by atoms with Gasteiger partial charge in [-0.15, -0.1) is 0 Å². The second-order valence-corrected chi connectivity index (χ2v) is 13.0. The molecule has 3 fully saturated rings. The molecule has 42 heavy (non-hydrogen) atoms. The Bertz CT molecular complexity index is 1280. The smallest absolute Gasteiger partial charge is 0.255 e. The molecule has 0 radical (unpaired) electrons. The van der Waals surface area contributed by atoms with Gasteiger partial charge in [-0.3, -0.25) is 14.5 Å². The number of hydrogen-bond donors (Lipinski definition) is 3. The molecular weight excluding hydrogens is 530 g/mol. The number of hydrogen-bond acceptors (Lipinski definition) is 6. The van der Waals surface area contributed by atoms with Gasteiger partial charge in [0.1, 0.15) is 11.9 Å². The van der Waals surface area contributed by atoms with Gasteiger partial charge in [-0.1, -0.05) is 43.2 Å². The van der Waals surface area contributed by atoms with Gasteiger partial charge in [-0.25, -0.2) is 0 Å². The minimum absolute atomic E-state index is 0.0577. The van der Waals surface area contributed by atoms with Gasteiger partial charge in [0.05, 0.1) is 30.4 Å². The Labute approximate surface area is 248 Å². The third-order valence-electron chi connectivity index (χ3n) is 10.3. The van der Waals surface area contributed by atoms with E-state index in [1.165, 1.54) is 42.4 Å². The summed E-state index contributed by atoms with van der Waals surface area (Å²) in [5.41, 5.74) is 4.47. The van der Waals surface area contributed by atoms with Gasteiger partial charge < -0.3 is 25.2 Å². The Kier molecular flexibility index (Phi) is 7.95. The molecule has 2 aromatic carbocycles. The van der Waals surface area contributed by atoms with Crippen LogP contribution in [0.15, 0.2) is 42.5 Å². The fourth-order valence-electron chi connectivity index (χ4n) is 7.98. The molecule has 8 nitrogen and oxygen atoms in total. The molecule has 2 saturated heterocycles. The van der Waals surface area contributed by atoms with Crippen molar-refractivity contribution in [2.75, 3.05) is 19.7 Å². The van der Waals surface area contributed by atoms with E-state index < -0.39 is 12.2 Å². The van der Waals surface area contributed by atoms with Crippen LogP contribution in [0.5, 0.6) is 5.75 Å². The number of nitrogens with one attached hydrogen (secondary N) is 2. The average molecular weight is 574 g/mol. The van der Waals surface area contributed by atoms with Crippen LogP contribution < -0.4 is 15.4 Å². The van der Waals surface area contributed by atoms with Crippen molar-refractivity contribution >= 4 is 11.8 Å². The van der Waals surface area contributed by atoms with Crippen molar-refractivity contribution in [2.24, 2.45) is 0 Å². The summed E-state index contributed by atoms with van der Waals surface area (Å²) < 4.78 is 12.6. The summed E-state index contributed by atoms with van der Waals surface area (Å²) in [5, 5.41) is 17.1. The highest BCUT2D eigenvalue weighted by atomic mass is 16.5. The summed E-state index contributed by atoms with van der Waals surface area (Å²) in [6.07, 6.45) is 8.10. The van der Waals surface area contributed by atoms with Crippen molar-refractivity contribution in [1.29, 1.82) is 0 Å². The van der Waals surface area contributed by atoms with E-state index in [0.717, 1.165) is 19.3 Å². The molecule has 2 aromatic rings. The van der Waals surface area contributed by atoms with Gasteiger partial charge in [0.2, 0.25) is 5.91 Å². The van der Waals surface area contributed by atoms with Gasteiger partial charge in [-0.05, 0) is 79.7 Å². The Hall–Kier alpha value is -2.94. The summed E-state index contributed by atoms with van der Waals surface area (Å²) in [4.78, 5) is 29.7. The largest absolute Gasteiger partial charge is 0.493 e. The molecular formula is C34H43N3O5. The Morgan fingerprint density at radius 2 is 1.71 bits per heavy atom. The maximum Gasteiger partial charge on any atom is 0.255 e. The van der Waals surface area contributed by atoms with E-state index in [9.17, 15) is 14.7 Å². The molecule has 8 heteroatoms. The van der Waals surface area contributed by atoms with Crippen LogP contribution in [-0.2, 0) is 22.4 Å². The molecule has 2 aliphatic carbocycles. The zero-order valence-corrected chi connectivity index (χ0v) is 24.3. The highest BCUT2D eigenvalue weighted by molar-refractivity contribution is 5.97. The molecule has 0 spiro atoms. The molecule has 224 valence electrons. The Morgan fingerprint density at radius 1 is 0.929 bits per heavy atom. The van der Waals surface area contributed by atoms with Crippen LogP contribution >= 0.6 is 0 Å². The summed E-state index contributed by atoms with van der Waals surface area (Å²) in [7, 11) is 0. The summed E-state index contributed by atoms with van der Waals surface area (Å²) >= 11 is 0. The fraction of sp³-hybridized carbons (Fsp3) is 0.588. The first-order valence-electron chi connectivity index (χ1n) is 16.0. The van der Waals surface area contributed by atoms with Crippen LogP contribution in [0, 0.1) is 0 Å². The van der Waals surface area contributed by atoms with Crippen molar-refractivity contribution in [3.8, 4) is 5.75 Å². The SMILES string of the molecule is O=C1N[C@H]2C[C@@H](C(=O)NC[C@H]3O[C@H](CCOc4cc(C5CCCC5)ccc41)CC[C@@H]3O)N(C1Cc3ccccc3C1)C2. The van der Waals surface area contributed by atoms with E-state index in [2.05, 4.69) is 51.9 Å². The van der Waals surface area contributed by atoms with Crippen LogP contribution in [0.25, 0.3) is 0 Å².